The maximum absolute atomic E-state index is 12.2. The average Bonchev–Trinajstić information content (AvgIpc) is 2.48. The summed E-state index contributed by atoms with van der Waals surface area (Å²) in [6.07, 6.45) is 0.802. The lowest BCUT2D eigenvalue weighted by Crippen LogP contribution is -2.56. The molecule has 4 N–H and O–H groups in total. The van der Waals surface area contributed by atoms with Crippen molar-refractivity contribution in [1.29, 1.82) is 0 Å². The molecule has 0 radical (unpaired) electrons. The molecule has 1 aromatic carbocycles. The van der Waals surface area contributed by atoms with Crippen molar-refractivity contribution in [2.24, 2.45) is 5.73 Å². The third-order valence-corrected chi connectivity index (χ3v) is 4.53. The standard InChI is InChI=1S/C14H16N2O4S/c15-11(17)9-1-3-10(4-2-9)12(18)16-14(13(19)20)5-7-21-8-6-14/h1-4H,5-8H2,(H2,15,17)(H,16,18)(H,19,20). The van der Waals surface area contributed by atoms with Crippen LogP contribution in [0, 0.1) is 0 Å². The topological polar surface area (TPSA) is 109 Å². The van der Waals surface area contributed by atoms with Gasteiger partial charge in [-0.1, -0.05) is 0 Å². The van der Waals surface area contributed by atoms with E-state index >= 15 is 0 Å². The fourth-order valence-corrected chi connectivity index (χ4v) is 3.38. The molecule has 0 saturated carbocycles. The second-order valence-electron chi connectivity index (χ2n) is 4.90. The molecule has 0 atom stereocenters. The number of carboxylic acid groups (broad SMARTS) is 1. The van der Waals surface area contributed by atoms with E-state index in [4.69, 9.17) is 5.73 Å². The van der Waals surface area contributed by atoms with Crippen molar-refractivity contribution in [3.8, 4) is 0 Å². The number of carbonyl (C=O) groups excluding carboxylic acids is 2. The molecule has 21 heavy (non-hydrogen) atoms. The Morgan fingerprint density at radius 1 is 1.10 bits per heavy atom. The molecule has 1 heterocycles. The van der Waals surface area contributed by atoms with Gasteiger partial charge in [0.15, 0.2) is 0 Å². The molecule has 2 amide bonds. The fourth-order valence-electron chi connectivity index (χ4n) is 2.19. The Morgan fingerprint density at radius 2 is 1.62 bits per heavy atom. The van der Waals surface area contributed by atoms with Crippen LogP contribution in [0.5, 0.6) is 0 Å². The first-order chi connectivity index (χ1) is 9.94. The van der Waals surface area contributed by atoms with Crippen LogP contribution in [0.3, 0.4) is 0 Å². The van der Waals surface area contributed by atoms with Crippen LogP contribution in [-0.4, -0.2) is 39.9 Å². The zero-order valence-electron chi connectivity index (χ0n) is 11.3. The molecule has 0 aliphatic carbocycles. The molecular formula is C14H16N2O4S. The van der Waals surface area contributed by atoms with E-state index in [2.05, 4.69) is 5.32 Å². The van der Waals surface area contributed by atoms with Gasteiger partial charge in [-0.25, -0.2) is 4.79 Å². The highest BCUT2D eigenvalue weighted by Crippen LogP contribution is 2.27. The Morgan fingerprint density at radius 3 is 2.10 bits per heavy atom. The number of nitrogens with one attached hydrogen (secondary N) is 1. The summed E-state index contributed by atoms with van der Waals surface area (Å²) < 4.78 is 0. The van der Waals surface area contributed by atoms with Gasteiger partial charge in [0.2, 0.25) is 5.91 Å². The average molecular weight is 308 g/mol. The summed E-state index contributed by atoms with van der Waals surface area (Å²) in [6, 6.07) is 5.81. The number of nitrogens with two attached hydrogens (primary N) is 1. The molecule has 0 spiro atoms. The lowest BCUT2D eigenvalue weighted by molar-refractivity contribution is -0.144. The van der Waals surface area contributed by atoms with E-state index in [1.807, 2.05) is 0 Å². The van der Waals surface area contributed by atoms with Gasteiger partial charge in [-0.05, 0) is 48.6 Å². The minimum atomic E-state index is -1.20. The summed E-state index contributed by atoms with van der Waals surface area (Å²) in [5, 5.41) is 12.0. The van der Waals surface area contributed by atoms with Gasteiger partial charge in [-0.2, -0.15) is 11.8 Å². The van der Waals surface area contributed by atoms with Crippen molar-refractivity contribution in [2.45, 2.75) is 18.4 Å². The molecule has 0 bridgehead atoms. The van der Waals surface area contributed by atoms with Crippen molar-refractivity contribution in [1.82, 2.24) is 5.32 Å². The first-order valence-corrected chi connectivity index (χ1v) is 7.64. The van der Waals surface area contributed by atoms with Gasteiger partial charge >= 0.3 is 5.97 Å². The second-order valence-corrected chi connectivity index (χ2v) is 6.12. The number of carbonyl (C=O) groups is 3. The van der Waals surface area contributed by atoms with Crippen LogP contribution in [0.2, 0.25) is 0 Å². The number of hydrogen-bond donors (Lipinski definition) is 3. The molecule has 1 aliphatic heterocycles. The van der Waals surface area contributed by atoms with Crippen molar-refractivity contribution in [3.05, 3.63) is 35.4 Å². The fraction of sp³-hybridized carbons (Fsp3) is 0.357. The Bertz CT molecular complexity index is 565. The van der Waals surface area contributed by atoms with Gasteiger partial charge in [-0.15, -0.1) is 0 Å². The van der Waals surface area contributed by atoms with Gasteiger partial charge in [0.1, 0.15) is 5.54 Å². The van der Waals surface area contributed by atoms with E-state index in [1.54, 1.807) is 11.8 Å². The summed E-state index contributed by atoms with van der Waals surface area (Å²) in [5.41, 5.74) is 4.53. The van der Waals surface area contributed by atoms with Crippen LogP contribution >= 0.6 is 11.8 Å². The third kappa shape index (κ3) is 3.36. The molecule has 0 aromatic heterocycles. The van der Waals surface area contributed by atoms with Crippen molar-refractivity contribution in [2.75, 3.05) is 11.5 Å². The zero-order chi connectivity index (χ0) is 15.5. The second kappa shape index (κ2) is 6.17. The van der Waals surface area contributed by atoms with Crippen LogP contribution in [0.25, 0.3) is 0 Å². The molecule has 7 heteroatoms. The largest absolute Gasteiger partial charge is 0.480 e. The van der Waals surface area contributed by atoms with Crippen molar-refractivity contribution >= 4 is 29.5 Å². The SMILES string of the molecule is NC(=O)c1ccc(C(=O)NC2(C(=O)O)CCSCC2)cc1. The number of hydrogen-bond acceptors (Lipinski definition) is 4. The third-order valence-electron chi connectivity index (χ3n) is 3.54. The predicted molar refractivity (Wildman–Crippen MR) is 79.4 cm³/mol. The number of rotatable bonds is 4. The van der Waals surface area contributed by atoms with Crippen molar-refractivity contribution in [3.63, 3.8) is 0 Å². The Kier molecular flexibility index (Phi) is 4.52. The van der Waals surface area contributed by atoms with E-state index in [-0.39, 0.29) is 0 Å². The summed E-state index contributed by atoms with van der Waals surface area (Å²) in [4.78, 5) is 34.7. The van der Waals surface area contributed by atoms with E-state index in [9.17, 15) is 19.5 Å². The summed E-state index contributed by atoms with van der Waals surface area (Å²) in [5.74, 6) is -0.640. The van der Waals surface area contributed by atoms with E-state index < -0.39 is 23.3 Å². The Labute approximate surface area is 126 Å². The van der Waals surface area contributed by atoms with Gasteiger partial charge in [0, 0.05) is 11.1 Å². The molecule has 1 aromatic rings. The zero-order valence-corrected chi connectivity index (χ0v) is 12.1. The monoisotopic (exact) mass is 308 g/mol. The van der Waals surface area contributed by atoms with Gasteiger partial charge < -0.3 is 16.2 Å². The molecule has 6 nitrogen and oxygen atoms in total. The first kappa shape index (κ1) is 15.4. The number of amides is 2. The molecule has 2 rings (SSSR count). The van der Waals surface area contributed by atoms with Crippen LogP contribution in [-0.2, 0) is 4.79 Å². The van der Waals surface area contributed by atoms with Crippen LogP contribution in [0.15, 0.2) is 24.3 Å². The van der Waals surface area contributed by atoms with Gasteiger partial charge in [0.05, 0.1) is 0 Å². The molecular weight excluding hydrogens is 292 g/mol. The van der Waals surface area contributed by atoms with Crippen LogP contribution < -0.4 is 11.1 Å². The summed E-state index contributed by atoms with van der Waals surface area (Å²) in [6.45, 7) is 0. The lowest BCUT2D eigenvalue weighted by atomic mass is 9.91. The maximum Gasteiger partial charge on any atom is 0.329 e. The first-order valence-electron chi connectivity index (χ1n) is 6.48. The highest BCUT2D eigenvalue weighted by molar-refractivity contribution is 7.99. The van der Waals surface area contributed by atoms with Gasteiger partial charge in [0.25, 0.3) is 5.91 Å². The molecule has 1 aliphatic rings. The number of primary amides is 1. The van der Waals surface area contributed by atoms with Crippen LogP contribution in [0.4, 0.5) is 0 Å². The molecule has 0 unspecified atom stereocenters. The lowest BCUT2D eigenvalue weighted by Gasteiger charge is -2.33. The quantitative estimate of drug-likeness (QED) is 0.764. The van der Waals surface area contributed by atoms with Crippen LogP contribution in [0.1, 0.15) is 33.6 Å². The minimum Gasteiger partial charge on any atom is -0.480 e. The molecule has 1 saturated heterocycles. The number of carboxylic acids is 1. The normalized spacial score (nSPS) is 17.0. The number of thioether (sulfide) groups is 1. The molecule has 1 fully saturated rings. The van der Waals surface area contributed by atoms with E-state index in [1.165, 1.54) is 24.3 Å². The highest BCUT2D eigenvalue weighted by atomic mass is 32.2. The van der Waals surface area contributed by atoms with Crippen molar-refractivity contribution < 1.29 is 19.5 Å². The number of aliphatic carboxylic acids is 1. The van der Waals surface area contributed by atoms with E-state index in [0.717, 1.165) is 0 Å². The van der Waals surface area contributed by atoms with Gasteiger partial charge in [-0.3, -0.25) is 9.59 Å². The Hall–Kier alpha value is -2.02. The maximum atomic E-state index is 12.2. The number of benzene rings is 1. The smallest absolute Gasteiger partial charge is 0.329 e. The minimum absolute atomic E-state index is 0.300. The predicted octanol–water partition coefficient (Wildman–Crippen LogP) is 0.866. The molecule has 112 valence electrons. The Balaban J connectivity index is 2.15. The van der Waals surface area contributed by atoms with E-state index in [0.29, 0.717) is 35.5 Å². The summed E-state index contributed by atoms with van der Waals surface area (Å²) >= 11 is 1.68. The summed E-state index contributed by atoms with van der Waals surface area (Å²) in [7, 11) is 0. The highest BCUT2D eigenvalue weighted by Gasteiger charge is 2.41.